The first-order valence-corrected chi connectivity index (χ1v) is 22.1. The maximum Gasteiger partial charge on any atom is 0.272 e. The normalized spacial score (nSPS) is 13.2. The highest BCUT2D eigenvalue weighted by atomic mass is 15.2. The zero-order valence-corrected chi connectivity index (χ0v) is 35.3. The maximum atomic E-state index is 2.59. The van der Waals surface area contributed by atoms with E-state index in [9.17, 15) is 0 Å². The Balaban J connectivity index is 1.08. The van der Waals surface area contributed by atoms with Crippen molar-refractivity contribution in [1.82, 2.24) is 4.57 Å². The van der Waals surface area contributed by atoms with Crippen LogP contribution in [0.3, 0.4) is 0 Å². The van der Waals surface area contributed by atoms with Gasteiger partial charge in [0.1, 0.15) is 0 Å². The molecule has 2 aliphatic heterocycles. The molecule has 0 amide bonds. The van der Waals surface area contributed by atoms with Crippen molar-refractivity contribution in [1.29, 1.82) is 0 Å². The van der Waals surface area contributed by atoms with Gasteiger partial charge in [0.15, 0.2) is 0 Å². The standard InChI is InChI=1S/C59H40BN3/c1-35-23-29-53-51(31-35)58-59(61(53)3)60-52-32-36(2)24-30-54(52)62(37-25-27-47-43-17-6-4-13-39(43)41-15-8-10-19-45(41)49(47)33-37)55-21-12-22-56(57(55)60)63(58)38-26-28-48-44-18-7-5-14-40(44)42-16-9-11-20-46(42)50(48)34-38/h4-34H,1-3H3. The summed E-state index contributed by atoms with van der Waals surface area (Å²) in [5, 5.41) is 16.7. The topological polar surface area (TPSA) is 11.4 Å². The number of anilines is 6. The second-order valence-corrected chi connectivity index (χ2v) is 17.8. The molecular formula is C59H40BN3. The molecule has 1 aromatic heterocycles. The second-order valence-electron chi connectivity index (χ2n) is 17.8. The summed E-state index contributed by atoms with van der Waals surface area (Å²) in [5.41, 5.74) is 15.0. The minimum absolute atomic E-state index is 0.0155. The summed E-state index contributed by atoms with van der Waals surface area (Å²) >= 11 is 0. The quantitative estimate of drug-likeness (QED) is 0.127. The minimum atomic E-state index is 0.0155. The molecule has 11 aromatic carbocycles. The third-order valence-electron chi connectivity index (χ3n) is 14.4. The summed E-state index contributed by atoms with van der Waals surface area (Å²) in [6, 6.07) is 71.0. The molecule has 12 aromatic rings. The van der Waals surface area contributed by atoms with Crippen LogP contribution in [-0.4, -0.2) is 11.3 Å². The molecule has 0 atom stereocenters. The van der Waals surface area contributed by atoms with E-state index in [1.165, 1.54) is 126 Å². The average Bonchev–Trinajstić information content (AvgIpc) is 3.61. The number of benzene rings is 11. The van der Waals surface area contributed by atoms with Crippen molar-refractivity contribution in [2.75, 3.05) is 9.80 Å². The first kappa shape index (κ1) is 34.8. The van der Waals surface area contributed by atoms with Crippen LogP contribution in [0, 0.1) is 13.8 Å². The fraction of sp³-hybridized carbons (Fsp3) is 0.0508. The lowest BCUT2D eigenvalue weighted by molar-refractivity contribution is 0.996. The van der Waals surface area contributed by atoms with E-state index in [0.717, 1.165) is 11.4 Å². The molecule has 3 nitrogen and oxygen atoms in total. The molecule has 0 aliphatic carbocycles. The highest BCUT2D eigenvalue weighted by Gasteiger charge is 2.46. The number of hydrogen-bond acceptors (Lipinski definition) is 2. The number of hydrogen-bond donors (Lipinski definition) is 0. The van der Waals surface area contributed by atoms with E-state index >= 15 is 0 Å². The smallest absolute Gasteiger partial charge is 0.272 e. The number of aromatic nitrogens is 1. The van der Waals surface area contributed by atoms with Crippen molar-refractivity contribution in [3.05, 3.63) is 199 Å². The summed E-state index contributed by atoms with van der Waals surface area (Å²) < 4.78 is 2.49. The Labute approximate surface area is 365 Å². The maximum absolute atomic E-state index is 2.59. The average molecular weight is 802 g/mol. The first-order valence-electron chi connectivity index (χ1n) is 22.1. The van der Waals surface area contributed by atoms with Gasteiger partial charge in [0.05, 0.1) is 5.69 Å². The SMILES string of the molecule is Cc1ccc2c(c1)B1c3c(cccc3N(c3ccc4c5ccccc5c5ccccc5c4c3)c3c1n(C)c1ccc(C)cc31)N2c1ccc2c3ccccc3c3ccccc3c2c1. The van der Waals surface area contributed by atoms with E-state index in [4.69, 9.17) is 0 Å². The van der Waals surface area contributed by atoms with Gasteiger partial charge < -0.3 is 14.4 Å². The van der Waals surface area contributed by atoms with Gasteiger partial charge in [-0.25, -0.2) is 0 Å². The summed E-state index contributed by atoms with van der Waals surface area (Å²) in [6.07, 6.45) is 0. The van der Waals surface area contributed by atoms with Gasteiger partial charge >= 0.3 is 0 Å². The predicted octanol–water partition coefficient (Wildman–Crippen LogP) is 13.8. The molecule has 294 valence electrons. The number of fused-ring (bicyclic) bond motifs is 18. The molecule has 14 rings (SSSR count). The van der Waals surface area contributed by atoms with E-state index < -0.39 is 0 Å². The number of rotatable bonds is 2. The van der Waals surface area contributed by atoms with Crippen LogP contribution < -0.4 is 26.3 Å². The lowest BCUT2D eigenvalue weighted by Crippen LogP contribution is -2.62. The lowest BCUT2D eigenvalue weighted by Gasteiger charge is -2.43. The number of aryl methyl sites for hydroxylation is 3. The van der Waals surface area contributed by atoms with E-state index in [1.54, 1.807) is 0 Å². The minimum Gasteiger partial charge on any atom is -0.353 e. The van der Waals surface area contributed by atoms with E-state index in [1.807, 2.05) is 0 Å². The molecule has 4 heteroatoms. The van der Waals surface area contributed by atoms with Gasteiger partial charge in [-0.3, -0.25) is 0 Å². The van der Waals surface area contributed by atoms with Crippen molar-refractivity contribution in [3.8, 4) is 0 Å². The first-order chi connectivity index (χ1) is 31.0. The third kappa shape index (κ3) is 4.65. The third-order valence-corrected chi connectivity index (χ3v) is 14.4. The molecule has 0 radical (unpaired) electrons. The molecule has 0 saturated heterocycles. The van der Waals surface area contributed by atoms with E-state index in [2.05, 4.69) is 223 Å². The Hall–Kier alpha value is -7.82. The Morgan fingerprint density at radius 2 is 0.794 bits per heavy atom. The summed E-state index contributed by atoms with van der Waals surface area (Å²) in [4.78, 5) is 5.14. The van der Waals surface area contributed by atoms with E-state index in [0.29, 0.717) is 0 Å². The summed E-state index contributed by atoms with van der Waals surface area (Å²) in [5.74, 6) is 0. The fourth-order valence-corrected chi connectivity index (χ4v) is 11.8. The molecular weight excluding hydrogens is 761 g/mol. The second kappa shape index (κ2) is 12.6. The molecule has 0 spiro atoms. The van der Waals surface area contributed by atoms with Crippen LogP contribution in [0.1, 0.15) is 11.1 Å². The van der Waals surface area contributed by atoms with Gasteiger partial charge in [0.25, 0.3) is 6.71 Å². The molecule has 0 fully saturated rings. The Bertz CT molecular complexity index is 3920. The fourth-order valence-electron chi connectivity index (χ4n) is 11.8. The van der Waals surface area contributed by atoms with Gasteiger partial charge in [-0.15, -0.1) is 0 Å². The van der Waals surface area contributed by atoms with Crippen LogP contribution in [0.15, 0.2) is 188 Å². The summed E-state index contributed by atoms with van der Waals surface area (Å²) in [7, 11) is 2.28. The van der Waals surface area contributed by atoms with Crippen molar-refractivity contribution in [3.63, 3.8) is 0 Å². The van der Waals surface area contributed by atoms with Gasteiger partial charge in [-0.1, -0.05) is 145 Å². The molecule has 63 heavy (non-hydrogen) atoms. The molecule has 0 unspecified atom stereocenters. The van der Waals surface area contributed by atoms with E-state index in [-0.39, 0.29) is 6.71 Å². The summed E-state index contributed by atoms with van der Waals surface area (Å²) in [6.45, 7) is 4.48. The van der Waals surface area contributed by atoms with Crippen LogP contribution in [-0.2, 0) is 7.05 Å². The van der Waals surface area contributed by atoms with Crippen molar-refractivity contribution >= 4 is 133 Å². The molecule has 0 bridgehead atoms. The van der Waals surface area contributed by atoms with Crippen molar-refractivity contribution in [2.24, 2.45) is 7.05 Å². The molecule has 3 heterocycles. The van der Waals surface area contributed by atoms with Crippen molar-refractivity contribution in [2.45, 2.75) is 13.8 Å². The van der Waals surface area contributed by atoms with Crippen LogP contribution in [0.4, 0.5) is 34.1 Å². The van der Waals surface area contributed by atoms with Gasteiger partial charge in [0.2, 0.25) is 0 Å². The Kier molecular flexibility index (Phi) is 6.98. The van der Waals surface area contributed by atoms with Crippen LogP contribution >= 0.6 is 0 Å². The highest BCUT2D eigenvalue weighted by Crippen LogP contribution is 2.49. The lowest BCUT2D eigenvalue weighted by atomic mass is 9.35. The largest absolute Gasteiger partial charge is 0.353 e. The van der Waals surface area contributed by atoms with Gasteiger partial charge in [-0.05, 0) is 144 Å². The van der Waals surface area contributed by atoms with Crippen LogP contribution in [0.25, 0.3) is 75.5 Å². The molecule has 0 saturated carbocycles. The highest BCUT2D eigenvalue weighted by molar-refractivity contribution is 7.00. The molecule has 0 N–H and O–H groups in total. The van der Waals surface area contributed by atoms with Gasteiger partial charge in [-0.2, -0.15) is 0 Å². The zero-order chi connectivity index (χ0) is 41.7. The van der Waals surface area contributed by atoms with Crippen molar-refractivity contribution < 1.29 is 0 Å². The Morgan fingerprint density at radius 3 is 1.33 bits per heavy atom. The zero-order valence-electron chi connectivity index (χ0n) is 35.3. The molecule has 2 aliphatic rings. The van der Waals surface area contributed by atoms with Crippen LogP contribution in [0.5, 0.6) is 0 Å². The number of nitrogens with zero attached hydrogens (tertiary/aromatic N) is 3. The monoisotopic (exact) mass is 801 g/mol. The van der Waals surface area contributed by atoms with Gasteiger partial charge in [0, 0.05) is 52.0 Å². The Morgan fingerprint density at radius 1 is 0.349 bits per heavy atom. The van der Waals surface area contributed by atoms with Crippen LogP contribution in [0.2, 0.25) is 0 Å². The predicted molar refractivity (Wildman–Crippen MR) is 271 cm³/mol.